The molecule has 0 saturated carbocycles. The zero-order valence-corrected chi connectivity index (χ0v) is 14.7. The number of methoxy groups -OCH3 is 2. The summed E-state index contributed by atoms with van der Waals surface area (Å²) in [5.41, 5.74) is 1.13. The van der Waals surface area contributed by atoms with Crippen molar-refractivity contribution >= 4 is 15.9 Å². The van der Waals surface area contributed by atoms with E-state index >= 15 is 0 Å². The van der Waals surface area contributed by atoms with E-state index in [1.165, 1.54) is 0 Å². The third kappa shape index (κ3) is 3.71. The van der Waals surface area contributed by atoms with Gasteiger partial charge in [-0.2, -0.15) is 0 Å². The Kier molecular flexibility index (Phi) is 5.90. The molecule has 21 heavy (non-hydrogen) atoms. The topological polar surface area (TPSA) is 39.7 Å². The van der Waals surface area contributed by atoms with Gasteiger partial charge in [0.25, 0.3) is 0 Å². The van der Waals surface area contributed by atoms with Crippen LogP contribution in [0, 0.1) is 5.92 Å². The Labute approximate surface area is 135 Å². The fourth-order valence-corrected chi connectivity index (χ4v) is 3.44. The minimum absolute atomic E-state index is 0.205. The third-order valence-electron chi connectivity index (χ3n) is 3.96. The molecule has 1 N–H and O–H groups in total. The summed E-state index contributed by atoms with van der Waals surface area (Å²) in [7, 11) is 3.38. The van der Waals surface area contributed by atoms with Crippen molar-refractivity contribution in [2.45, 2.75) is 32.4 Å². The maximum atomic E-state index is 5.75. The summed E-state index contributed by atoms with van der Waals surface area (Å²) in [5.74, 6) is 2.13. The highest BCUT2D eigenvalue weighted by molar-refractivity contribution is 9.10. The van der Waals surface area contributed by atoms with Gasteiger partial charge in [0.2, 0.25) is 0 Å². The molecular weight excluding hydrogens is 334 g/mol. The van der Waals surface area contributed by atoms with Crippen molar-refractivity contribution in [2.24, 2.45) is 5.92 Å². The zero-order chi connectivity index (χ0) is 15.4. The van der Waals surface area contributed by atoms with Gasteiger partial charge in [-0.15, -0.1) is 0 Å². The van der Waals surface area contributed by atoms with Crippen molar-refractivity contribution in [1.82, 2.24) is 5.32 Å². The van der Waals surface area contributed by atoms with Crippen LogP contribution in [0.5, 0.6) is 11.5 Å². The fraction of sp³-hybridized carbons (Fsp3) is 0.625. The number of nitrogens with one attached hydrogen (secondary N) is 1. The monoisotopic (exact) mass is 357 g/mol. The molecule has 4 nitrogen and oxygen atoms in total. The van der Waals surface area contributed by atoms with E-state index in [4.69, 9.17) is 14.2 Å². The molecule has 1 saturated heterocycles. The quantitative estimate of drug-likeness (QED) is 0.844. The van der Waals surface area contributed by atoms with Gasteiger partial charge in [0.15, 0.2) is 0 Å². The van der Waals surface area contributed by atoms with E-state index in [1.807, 2.05) is 6.07 Å². The molecule has 5 heteroatoms. The van der Waals surface area contributed by atoms with E-state index in [2.05, 4.69) is 41.2 Å². The van der Waals surface area contributed by atoms with Crippen LogP contribution in [0.4, 0.5) is 0 Å². The van der Waals surface area contributed by atoms with Crippen LogP contribution in [-0.4, -0.2) is 33.5 Å². The van der Waals surface area contributed by atoms with Gasteiger partial charge >= 0.3 is 0 Å². The van der Waals surface area contributed by atoms with Crippen LogP contribution in [0.1, 0.15) is 31.9 Å². The van der Waals surface area contributed by atoms with Crippen molar-refractivity contribution < 1.29 is 14.2 Å². The lowest BCUT2D eigenvalue weighted by Gasteiger charge is -2.26. The molecule has 0 radical (unpaired) electrons. The summed E-state index contributed by atoms with van der Waals surface area (Å²) < 4.78 is 17.7. The van der Waals surface area contributed by atoms with Gasteiger partial charge in [-0.05, 0) is 48.0 Å². The molecule has 1 aliphatic rings. The standard InChI is InChI=1S/C16H24BrNO3/c1-5-18-16(11-6-10(2)21-9-11)12-7-15(20-4)13(17)8-14(12)19-3/h7-8,10-11,16,18H,5-6,9H2,1-4H3. The molecule has 1 fully saturated rings. The van der Waals surface area contributed by atoms with Crippen LogP contribution in [0.2, 0.25) is 0 Å². The van der Waals surface area contributed by atoms with Crippen molar-refractivity contribution in [1.29, 1.82) is 0 Å². The molecule has 2 rings (SSSR count). The highest BCUT2D eigenvalue weighted by Gasteiger charge is 2.32. The summed E-state index contributed by atoms with van der Waals surface area (Å²) in [6.07, 6.45) is 1.37. The Morgan fingerprint density at radius 1 is 1.33 bits per heavy atom. The van der Waals surface area contributed by atoms with E-state index in [9.17, 15) is 0 Å². The molecule has 3 unspecified atom stereocenters. The first-order valence-electron chi connectivity index (χ1n) is 7.37. The Morgan fingerprint density at radius 3 is 2.57 bits per heavy atom. The van der Waals surface area contributed by atoms with Crippen LogP contribution in [0.15, 0.2) is 16.6 Å². The Hall–Kier alpha value is -0.780. The van der Waals surface area contributed by atoms with Crippen LogP contribution in [0.3, 0.4) is 0 Å². The van der Waals surface area contributed by atoms with Crippen LogP contribution < -0.4 is 14.8 Å². The average molecular weight is 358 g/mol. The zero-order valence-electron chi connectivity index (χ0n) is 13.1. The molecule has 0 amide bonds. The number of hydrogen-bond donors (Lipinski definition) is 1. The third-order valence-corrected chi connectivity index (χ3v) is 4.58. The minimum Gasteiger partial charge on any atom is -0.496 e. The van der Waals surface area contributed by atoms with Gasteiger partial charge in [0, 0.05) is 17.5 Å². The predicted octanol–water partition coefficient (Wildman–Crippen LogP) is 3.54. The van der Waals surface area contributed by atoms with E-state index in [0.29, 0.717) is 12.0 Å². The highest BCUT2D eigenvalue weighted by Crippen LogP contribution is 2.40. The maximum Gasteiger partial charge on any atom is 0.133 e. The molecular formula is C16H24BrNO3. The molecule has 0 aliphatic carbocycles. The summed E-state index contributed by atoms with van der Waals surface area (Å²) in [6.45, 7) is 5.93. The maximum absolute atomic E-state index is 5.75. The lowest BCUT2D eigenvalue weighted by atomic mass is 9.90. The van der Waals surface area contributed by atoms with Crippen molar-refractivity contribution in [3.8, 4) is 11.5 Å². The lowest BCUT2D eigenvalue weighted by molar-refractivity contribution is 0.117. The van der Waals surface area contributed by atoms with Crippen LogP contribution in [0.25, 0.3) is 0 Å². The number of ether oxygens (including phenoxy) is 3. The second kappa shape index (κ2) is 7.47. The van der Waals surface area contributed by atoms with E-state index in [1.54, 1.807) is 14.2 Å². The van der Waals surface area contributed by atoms with Crippen LogP contribution in [-0.2, 0) is 4.74 Å². The minimum atomic E-state index is 0.205. The average Bonchev–Trinajstić information content (AvgIpc) is 2.91. The first-order chi connectivity index (χ1) is 10.1. The van der Waals surface area contributed by atoms with Gasteiger partial charge < -0.3 is 19.5 Å². The molecule has 1 aromatic rings. The summed E-state index contributed by atoms with van der Waals surface area (Å²) in [5, 5.41) is 3.58. The highest BCUT2D eigenvalue weighted by atomic mass is 79.9. The molecule has 0 aromatic heterocycles. The second-order valence-electron chi connectivity index (χ2n) is 5.40. The van der Waals surface area contributed by atoms with Gasteiger partial charge in [0.1, 0.15) is 11.5 Å². The molecule has 118 valence electrons. The van der Waals surface area contributed by atoms with E-state index in [-0.39, 0.29) is 6.04 Å². The van der Waals surface area contributed by atoms with Crippen molar-refractivity contribution in [3.05, 3.63) is 22.2 Å². The summed E-state index contributed by atoms with van der Waals surface area (Å²) >= 11 is 3.51. The van der Waals surface area contributed by atoms with Crippen molar-refractivity contribution in [2.75, 3.05) is 27.4 Å². The number of hydrogen-bond acceptors (Lipinski definition) is 4. The molecule has 1 aliphatic heterocycles. The first-order valence-corrected chi connectivity index (χ1v) is 8.16. The molecule has 0 bridgehead atoms. The molecule has 1 heterocycles. The van der Waals surface area contributed by atoms with Gasteiger partial charge in [0.05, 0.1) is 31.4 Å². The number of rotatable bonds is 6. The molecule has 1 aromatic carbocycles. The van der Waals surface area contributed by atoms with Gasteiger partial charge in [-0.3, -0.25) is 0 Å². The predicted molar refractivity (Wildman–Crippen MR) is 87.2 cm³/mol. The van der Waals surface area contributed by atoms with Gasteiger partial charge in [-0.1, -0.05) is 6.92 Å². The molecule has 0 spiro atoms. The second-order valence-corrected chi connectivity index (χ2v) is 6.26. The number of halogens is 1. The Morgan fingerprint density at radius 2 is 2.05 bits per heavy atom. The fourth-order valence-electron chi connectivity index (χ4n) is 2.96. The summed E-state index contributed by atoms with van der Waals surface area (Å²) in [4.78, 5) is 0. The Bertz CT molecular complexity index is 481. The normalized spacial score (nSPS) is 23.1. The van der Waals surface area contributed by atoms with E-state index < -0.39 is 0 Å². The summed E-state index contributed by atoms with van der Waals surface area (Å²) in [6, 6.07) is 4.23. The largest absolute Gasteiger partial charge is 0.496 e. The first kappa shape index (κ1) is 16.6. The van der Waals surface area contributed by atoms with Crippen molar-refractivity contribution in [3.63, 3.8) is 0 Å². The SMILES string of the molecule is CCNC(c1cc(OC)c(Br)cc1OC)C1COC(C)C1. The molecule has 3 atom stereocenters. The number of benzene rings is 1. The Balaban J connectivity index is 2.38. The lowest BCUT2D eigenvalue weighted by Crippen LogP contribution is -2.29. The van der Waals surface area contributed by atoms with Crippen LogP contribution >= 0.6 is 15.9 Å². The smallest absolute Gasteiger partial charge is 0.133 e. The van der Waals surface area contributed by atoms with E-state index in [0.717, 1.165) is 41.1 Å². The van der Waals surface area contributed by atoms with Gasteiger partial charge in [-0.25, -0.2) is 0 Å².